The third-order valence-corrected chi connectivity index (χ3v) is 8.57. The normalized spacial score (nSPS) is 17.7. The lowest BCUT2D eigenvalue weighted by molar-refractivity contribution is 0.0657. The number of amides is 1. The Bertz CT molecular complexity index is 1800. The first-order valence-electron chi connectivity index (χ1n) is 15.0. The van der Waals surface area contributed by atoms with Crippen molar-refractivity contribution in [2.75, 3.05) is 13.2 Å². The number of hydrogen-bond donors (Lipinski definition) is 2. The van der Waals surface area contributed by atoms with Crippen LogP contribution in [0.5, 0.6) is 0 Å². The van der Waals surface area contributed by atoms with Gasteiger partial charge in [0, 0.05) is 36.1 Å². The van der Waals surface area contributed by atoms with Gasteiger partial charge in [-0.25, -0.2) is 9.97 Å². The van der Waals surface area contributed by atoms with Gasteiger partial charge in [-0.3, -0.25) is 9.48 Å². The van der Waals surface area contributed by atoms with Crippen LogP contribution in [0.25, 0.3) is 33.7 Å². The number of hydrogen-bond acceptors (Lipinski definition) is 8. The molecule has 222 valence electrons. The van der Waals surface area contributed by atoms with E-state index in [1.807, 2.05) is 39.2 Å². The highest BCUT2D eigenvalue weighted by Gasteiger charge is 2.28. The Morgan fingerprint density at radius 2 is 1.93 bits per heavy atom. The number of nitrogens with zero attached hydrogens (tertiary/aromatic N) is 6. The van der Waals surface area contributed by atoms with Gasteiger partial charge in [0.15, 0.2) is 5.65 Å². The molecule has 4 aromatic heterocycles. The number of H-pyrrole nitrogens is 1. The van der Waals surface area contributed by atoms with Crippen LogP contribution in [-0.4, -0.2) is 54.0 Å². The van der Waals surface area contributed by atoms with E-state index < -0.39 is 0 Å². The van der Waals surface area contributed by atoms with Gasteiger partial charge in [-0.05, 0) is 61.8 Å². The minimum atomic E-state index is -0.323. The maximum Gasteiger partial charge on any atom is 0.293 e. The molecule has 1 unspecified atom stereocenters. The lowest BCUT2D eigenvalue weighted by Crippen LogP contribution is -2.31. The van der Waals surface area contributed by atoms with Gasteiger partial charge in [-0.2, -0.15) is 10.1 Å². The van der Waals surface area contributed by atoms with E-state index in [9.17, 15) is 4.79 Å². The van der Waals surface area contributed by atoms with E-state index in [2.05, 4.69) is 55.2 Å². The Hall–Kier alpha value is -4.38. The number of imidazole rings is 1. The number of benzene rings is 1. The van der Waals surface area contributed by atoms with Crippen LogP contribution in [0.15, 0.2) is 41.2 Å². The van der Waals surface area contributed by atoms with Gasteiger partial charge in [-0.15, -0.1) is 0 Å². The Morgan fingerprint density at radius 3 is 2.72 bits per heavy atom. The Kier molecular flexibility index (Phi) is 6.84. The molecule has 0 saturated carbocycles. The molecule has 2 N–H and O–H groups in total. The quantitative estimate of drug-likeness (QED) is 0.273. The molecule has 7 rings (SSSR count). The van der Waals surface area contributed by atoms with E-state index in [0.717, 1.165) is 90.3 Å². The smallest absolute Gasteiger partial charge is 0.293 e. The van der Waals surface area contributed by atoms with E-state index in [4.69, 9.17) is 19.3 Å². The minimum absolute atomic E-state index is 0.0655. The van der Waals surface area contributed by atoms with Gasteiger partial charge in [-0.1, -0.05) is 44.1 Å². The van der Waals surface area contributed by atoms with Crippen molar-refractivity contribution in [3.63, 3.8) is 0 Å². The molecule has 11 heteroatoms. The van der Waals surface area contributed by atoms with Gasteiger partial charge in [0.2, 0.25) is 5.89 Å². The molecule has 1 saturated heterocycles. The Labute approximate surface area is 249 Å². The van der Waals surface area contributed by atoms with E-state index in [1.165, 1.54) is 5.56 Å². The number of aromatic nitrogens is 7. The fourth-order valence-electron chi connectivity index (χ4n) is 6.20. The van der Waals surface area contributed by atoms with Gasteiger partial charge in [0.25, 0.3) is 11.7 Å². The molecule has 1 aliphatic carbocycles. The number of carbonyl (C=O) groups is 1. The van der Waals surface area contributed by atoms with Crippen molar-refractivity contribution < 1.29 is 14.1 Å². The summed E-state index contributed by atoms with van der Waals surface area (Å²) in [7, 11) is 0. The van der Waals surface area contributed by atoms with Crippen LogP contribution in [0.2, 0.25) is 0 Å². The van der Waals surface area contributed by atoms with Crippen LogP contribution < -0.4 is 5.32 Å². The van der Waals surface area contributed by atoms with E-state index >= 15 is 0 Å². The predicted octanol–water partition coefficient (Wildman–Crippen LogP) is 5.64. The fraction of sp³-hybridized carbons (Fsp3) is 0.438. The SMILES string of the molecule is Cc1c(-c2nc3c(-c4ccc5c(c4)CCCC5NC(=O)c4noc(C(C)(C)C)n4)ccnc3[nH]2)cnn1C1CCOCC1. The van der Waals surface area contributed by atoms with E-state index in [0.29, 0.717) is 11.9 Å². The second kappa shape index (κ2) is 10.7. The average molecular weight is 581 g/mol. The van der Waals surface area contributed by atoms with Crippen molar-refractivity contribution in [3.8, 4) is 22.5 Å². The summed E-state index contributed by atoms with van der Waals surface area (Å²) < 4.78 is 13.0. The summed E-state index contributed by atoms with van der Waals surface area (Å²) in [6.07, 6.45) is 8.40. The van der Waals surface area contributed by atoms with Crippen LogP contribution in [0.1, 0.15) is 91.9 Å². The fourth-order valence-corrected chi connectivity index (χ4v) is 6.20. The zero-order chi connectivity index (χ0) is 29.7. The van der Waals surface area contributed by atoms with E-state index in [-0.39, 0.29) is 23.2 Å². The number of aryl methyl sites for hydroxylation is 1. The molecule has 43 heavy (non-hydrogen) atoms. The Morgan fingerprint density at radius 1 is 1.09 bits per heavy atom. The van der Waals surface area contributed by atoms with Crippen LogP contribution >= 0.6 is 0 Å². The molecule has 0 spiro atoms. The van der Waals surface area contributed by atoms with Crippen molar-refractivity contribution in [1.82, 2.24) is 40.2 Å². The molecule has 1 aliphatic heterocycles. The van der Waals surface area contributed by atoms with Gasteiger partial charge >= 0.3 is 0 Å². The standard InChI is InChI=1S/C32H36N8O3/c1-18-24(17-34-40(18)21-11-14-42-15-12-21)27-36-26-23(10-13-33-28(26)37-27)20-8-9-22-19(16-20)6-5-7-25(22)35-30(41)29-38-31(43-39-29)32(2,3)4/h8-10,13,16-17,21,25H,5-7,11-12,14-15H2,1-4H3,(H,35,41)(H,33,36,37). The van der Waals surface area contributed by atoms with Crippen molar-refractivity contribution in [3.05, 3.63) is 65.2 Å². The lowest BCUT2D eigenvalue weighted by Gasteiger charge is -2.26. The van der Waals surface area contributed by atoms with Gasteiger partial charge in [0.05, 0.1) is 23.8 Å². The highest BCUT2D eigenvalue weighted by Crippen LogP contribution is 2.36. The van der Waals surface area contributed by atoms with Crippen LogP contribution in [0.4, 0.5) is 0 Å². The molecule has 1 atom stereocenters. The molecule has 11 nitrogen and oxygen atoms in total. The highest BCUT2D eigenvalue weighted by molar-refractivity contribution is 5.92. The molecule has 5 heterocycles. The number of rotatable bonds is 5. The molecule has 1 amide bonds. The number of nitrogens with one attached hydrogen (secondary N) is 2. The summed E-state index contributed by atoms with van der Waals surface area (Å²) in [5, 5.41) is 11.8. The number of carbonyl (C=O) groups excluding carboxylic acids is 1. The highest BCUT2D eigenvalue weighted by atomic mass is 16.5. The van der Waals surface area contributed by atoms with Crippen LogP contribution in [-0.2, 0) is 16.6 Å². The second-order valence-electron chi connectivity index (χ2n) is 12.6. The minimum Gasteiger partial charge on any atom is -0.381 e. The first kappa shape index (κ1) is 27.5. The topological polar surface area (TPSA) is 137 Å². The summed E-state index contributed by atoms with van der Waals surface area (Å²) in [4.78, 5) is 30.4. The van der Waals surface area contributed by atoms with Crippen LogP contribution in [0.3, 0.4) is 0 Å². The van der Waals surface area contributed by atoms with Crippen molar-refractivity contribution in [2.24, 2.45) is 0 Å². The third kappa shape index (κ3) is 5.11. The zero-order valence-corrected chi connectivity index (χ0v) is 25.0. The number of ether oxygens (including phenoxy) is 1. The van der Waals surface area contributed by atoms with E-state index in [1.54, 1.807) is 0 Å². The summed E-state index contributed by atoms with van der Waals surface area (Å²) in [5.41, 5.74) is 7.72. The number of aromatic amines is 1. The molecule has 5 aromatic rings. The summed E-state index contributed by atoms with van der Waals surface area (Å²) in [6, 6.07) is 8.68. The summed E-state index contributed by atoms with van der Waals surface area (Å²) in [6.45, 7) is 9.55. The third-order valence-electron chi connectivity index (χ3n) is 8.57. The Balaban J connectivity index is 1.16. The van der Waals surface area contributed by atoms with Gasteiger partial charge in [0.1, 0.15) is 11.3 Å². The largest absolute Gasteiger partial charge is 0.381 e. The summed E-state index contributed by atoms with van der Waals surface area (Å²) in [5.74, 6) is 0.953. The first-order chi connectivity index (χ1) is 20.8. The average Bonchev–Trinajstić information content (AvgIpc) is 3.75. The van der Waals surface area contributed by atoms with Crippen molar-refractivity contribution >= 4 is 17.1 Å². The van der Waals surface area contributed by atoms with Crippen LogP contribution in [0, 0.1) is 6.92 Å². The first-order valence-corrected chi connectivity index (χ1v) is 15.0. The van der Waals surface area contributed by atoms with Crippen molar-refractivity contribution in [1.29, 1.82) is 0 Å². The maximum atomic E-state index is 13.0. The molecule has 0 bridgehead atoms. The summed E-state index contributed by atoms with van der Waals surface area (Å²) >= 11 is 0. The molecular weight excluding hydrogens is 544 g/mol. The van der Waals surface area contributed by atoms with Gasteiger partial charge < -0.3 is 19.6 Å². The molecular formula is C32H36N8O3. The molecule has 2 aliphatic rings. The molecule has 0 radical (unpaired) electrons. The number of fused-ring (bicyclic) bond motifs is 2. The lowest BCUT2D eigenvalue weighted by atomic mass is 9.85. The molecule has 1 aromatic carbocycles. The predicted molar refractivity (Wildman–Crippen MR) is 161 cm³/mol. The monoisotopic (exact) mass is 580 g/mol. The number of pyridine rings is 1. The zero-order valence-electron chi connectivity index (χ0n) is 25.0. The molecule has 1 fully saturated rings. The van der Waals surface area contributed by atoms with Crippen molar-refractivity contribution in [2.45, 2.75) is 77.3 Å². The second-order valence-corrected chi connectivity index (χ2v) is 12.6. The maximum absolute atomic E-state index is 13.0.